The molecule has 166 valence electrons. The number of anilines is 1. The molecule has 0 atom stereocenters. The number of furan rings is 1. The Morgan fingerprint density at radius 1 is 1.18 bits per heavy atom. The van der Waals surface area contributed by atoms with Gasteiger partial charge in [-0.25, -0.2) is 4.98 Å². The molecule has 2 aromatic carbocycles. The van der Waals surface area contributed by atoms with Crippen molar-refractivity contribution in [3.63, 3.8) is 0 Å². The quantitative estimate of drug-likeness (QED) is 0.260. The molecule has 0 aliphatic heterocycles. The first-order chi connectivity index (χ1) is 16.0. The van der Waals surface area contributed by atoms with Gasteiger partial charge in [0.05, 0.1) is 11.4 Å². The summed E-state index contributed by atoms with van der Waals surface area (Å²) in [6, 6.07) is 17.7. The third-order valence-electron chi connectivity index (χ3n) is 4.96. The number of carbonyl (C=O) groups is 1. The highest BCUT2D eigenvalue weighted by Gasteiger charge is 2.17. The van der Waals surface area contributed by atoms with Gasteiger partial charge in [0, 0.05) is 27.3 Å². The summed E-state index contributed by atoms with van der Waals surface area (Å²) in [6.45, 7) is 2.00. The van der Waals surface area contributed by atoms with Gasteiger partial charge in [-0.2, -0.15) is 0 Å². The van der Waals surface area contributed by atoms with Crippen LogP contribution in [0.1, 0.15) is 4.88 Å². The maximum atomic E-state index is 12.5. The molecule has 0 aliphatic carbocycles. The third-order valence-corrected chi connectivity index (χ3v) is 7.36. The third kappa shape index (κ3) is 4.59. The summed E-state index contributed by atoms with van der Waals surface area (Å²) in [4.78, 5) is 18.2. The first-order valence-electron chi connectivity index (χ1n) is 10.0. The number of nitrogens with one attached hydrogen (secondary N) is 1. The number of amides is 1. The van der Waals surface area contributed by atoms with E-state index in [9.17, 15) is 4.79 Å². The van der Waals surface area contributed by atoms with Gasteiger partial charge >= 0.3 is 0 Å². The summed E-state index contributed by atoms with van der Waals surface area (Å²) in [6.07, 6.45) is 0. The maximum Gasteiger partial charge on any atom is 0.236 e. The molecule has 0 unspecified atom stereocenters. The Morgan fingerprint density at radius 3 is 2.82 bits per heavy atom. The van der Waals surface area contributed by atoms with Crippen molar-refractivity contribution in [3.8, 4) is 22.8 Å². The van der Waals surface area contributed by atoms with Gasteiger partial charge in [-0.05, 0) is 31.2 Å². The van der Waals surface area contributed by atoms with E-state index in [4.69, 9.17) is 4.42 Å². The molecule has 0 radical (unpaired) electrons. The van der Waals surface area contributed by atoms with E-state index in [-0.39, 0.29) is 11.7 Å². The van der Waals surface area contributed by atoms with Crippen LogP contribution in [0, 0.1) is 6.92 Å². The summed E-state index contributed by atoms with van der Waals surface area (Å²) in [7, 11) is 1.86. The van der Waals surface area contributed by atoms with Crippen molar-refractivity contribution >= 4 is 61.0 Å². The van der Waals surface area contributed by atoms with Crippen LogP contribution in [0.5, 0.6) is 0 Å². The lowest BCUT2D eigenvalue weighted by Crippen LogP contribution is -2.14. The zero-order valence-electron chi connectivity index (χ0n) is 17.7. The second-order valence-electron chi connectivity index (χ2n) is 7.28. The van der Waals surface area contributed by atoms with E-state index in [1.165, 1.54) is 23.1 Å². The van der Waals surface area contributed by atoms with Crippen LogP contribution in [0.2, 0.25) is 0 Å². The molecule has 33 heavy (non-hydrogen) atoms. The van der Waals surface area contributed by atoms with Crippen molar-refractivity contribution in [3.05, 3.63) is 63.9 Å². The molecular formula is C23H18BrN5O2S2. The number of hydrogen-bond donors (Lipinski definition) is 1. The highest BCUT2D eigenvalue weighted by molar-refractivity contribution is 9.10. The lowest BCUT2D eigenvalue weighted by Gasteiger charge is -2.03. The van der Waals surface area contributed by atoms with Gasteiger partial charge in [-0.1, -0.05) is 58.0 Å². The van der Waals surface area contributed by atoms with Gasteiger partial charge in [0.1, 0.15) is 5.58 Å². The van der Waals surface area contributed by atoms with Gasteiger partial charge in [0.15, 0.2) is 21.9 Å². The van der Waals surface area contributed by atoms with E-state index >= 15 is 0 Å². The largest absolute Gasteiger partial charge is 0.453 e. The lowest BCUT2D eigenvalue weighted by atomic mass is 10.1. The van der Waals surface area contributed by atoms with Crippen molar-refractivity contribution in [2.45, 2.75) is 12.1 Å². The molecule has 3 aromatic heterocycles. The Morgan fingerprint density at radius 2 is 2.00 bits per heavy atom. The average molecular weight is 540 g/mol. The minimum absolute atomic E-state index is 0.147. The molecule has 1 N–H and O–H groups in total. The molecule has 10 heteroatoms. The Balaban J connectivity index is 1.25. The molecule has 3 heterocycles. The summed E-state index contributed by atoms with van der Waals surface area (Å²) in [5, 5.41) is 13.6. The van der Waals surface area contributed by atoms with E-state index in [1.54, 1.807) is 0 Å². The standard InChI is InChI=1S/C23H18BrN5O2S2/c1-13-20(14-6-4-3-5-7-14)26-22(33-13)25-19(30)12-32-23-28-27-21(29(23)2)18-11-15-10-16(24)8-9-17(15)31-18/h3-11H,12H2,1-2H3,(H,25,26,30). The zero-order chi connectivity index (χ0) is 22.9. The molecule has 0 spiro atoms. The molecule has 5 aromatic rings. The van der Waals surface area contributed by atoms with Crippen molar-refractivity contribution in [1.29, 1.82) is 0 Å². The molecule has 0 fully saturated rings. The highest BCUT2D eigenvalue weighted by Crippen LogP contribution is 2.32. The predicted octanol–water partition coefficient (Wildman–Crippen LogP) is 6.15. The van der Waals surface area contributed by atoms with Crippen LogP contribution in [0.15, 0.2) is 68.6 Å². The van der Waals surface area contributed by atoms with Crippen LogP contribution in [0.4, 0.5) is 5.13 Å². The fourth-order valence-electron chi connectivity index (χ4n) is 3.38. The second kappa shape index (κ2) is 9.12. The van der Waals surface area contributed by atoms with E-state index in [2.05, 4.69) is 36.4 Å². The average Bonchev–Trinajstić information content (AvgIpc) is 3.49. The predicted molar refractivity (Wildman–Crippen MR) is 136 cm³/mol. The SMILES string of the molecule is Cc1sc(NC(=O)CSc2nnc(-c3cc4cc(Br)ccc4o3)n2C)nc1-c1ccccc1. The van der Waals surface area contributed by atoms with Gasteiger partial charge in [-0.15, -0.1) is 21.5 Å². The summed E-state index contributed by atoms with van der Waals surface area (Å²) in [5.74, 6) is 1.28. The Labute approximate surface area is 206 Å². The van der Waals surface area contributed by atoms with E-state index in [0.29, 0.717) is 21.9 Å². The fraction of sp³-hybridized carbons (Fsp3) is 0.130. The zero-order valence-corrected chi connectivity index (χ0v) is 20.9. The maximum absolute atomic E-state index is 12.5. The van der Waals surface area contributed by atoms with Crippen molar-refractivity contribution in [2.24, 2.45) is 7.05 Å². The molecule has 1 amide bonds. The molecule has 0 saturated carbocycles. The van der Waals surface area contributed by atoms with Crippen LogP contribution in [0.25, 0.3) is 33.8 Å². The smallest absolute Gasteiger partial charge is 0.236 e. The number of thioether (sulfide) groups is 1. The van der Waals surface area contributed by atoms with Crippen LogP contribution >= 0.6 is 39.0 Å². The number of nitrogens with zero attached hydrogens (tertiary/aromatic N) is 4. The Hall–Kier alpha value is -2.95. The number of carbonyl (C=O) groups excluding carboxylic acids is 1. The van der Waals surface area contributed by atoms with Gasteiger partial charge < -0.3 is 14.3 Å². The number of aromatic nitrogens is 4. The minimum atomic E-state index is -0.147. The van der Waals surface area contributed by atoms with Crippen LogP contribution in [-0.2, 0) is 11.8 Å². The number of aryl methyl sites for hydroxylation is 1. The Bertz CT molecular complexity index is 1460. The van der Waals surface area contributed by atoms with Crippen molar-refractivity contribution in [2.75, 3.05) is 11.1 Å². The van der Waals surface area contributed by atoms with Gasteiger partial charge in [-0.3, -0.25) is 4.79 Å². The molecule has 5 rings (SSSR count). The normalized spacial score (nSPS) is 11.2. The van der Waals surface area contributed by atoms with E-state index in [0.717, 1.165) is 31.6 Å². The van der Waals surface area contributed by atoms with E-state index in [1.807, 2.05) is 73.1 Å². The second-order valence-corrected chi connectivity index (χ2v) is 10.3. The summed E-state index contributed by atoms with van der Waals surface area (Å²) < 4.78 is 8.72. The van der Waals surface area contributed by atoms with Gasteiger partial charge in [0.2, 0.25) is 5.91 Å². The first kappa shape index (κ1) is 21.9. The van der Waals surface area contributed by atoms with Crippen LogP contribution < -0.4 is 5.32 Å². The highest BCUT2D eigenvalue weighted by atomic mass is 79.9. The number of rotatable bonds is 6. The number of halogens is 1. The topological polar surface area (TPSA) is 85.8 Å². The summed E-state index contributed by atoms with van der Waals surface area (Å²) in [5.41, 5.74) is 2.70. The number of hydrogen-bond acceptors (Lipinski definition) is 7. The van der Waals surface area contributed by atoms with Crippen LogP contribution in [0.3, 0.4) is 0 Å². The number of fused-ring (bicyclic) bond motifs is 1. The number of benzene rings is 2. The van der Waals surface area contributed by atoms with Crippen molar-refractivity contribution in [1.82, 2.24) is 19.7 Å². The molecule has 0 saturated heterocycles. The van der Waals surface area contributed by atoms with Gasteiger partial charge in [0.25, 0.3) is 0 Å². The monoisotopic (exact) mass is 539 g/mol. The molecule has 0 bridgehead atoms. The fourth-order valence-corrected chi connectivity index (χ4v) is 5.32. The minimum Gasteiger partial charge on any atom is -0.453 e. The molecule has 0 aliphatic rings. The number of thiazole rings is 1. The first-order valence-corrected chi connectivity index (χ1v) is 12.6. The van der Waals surface area contributed by atoms with Crippen LogP contribution in [-0.4, -0.2) is 31.4 Å². The molecule has 7 nitrogen and oxygen atoms in total. The Kier molecular flexibility index (Phi) is 6.05. The van der Waals surface area contributed by atoms with E-state index < -0.39 is 0 Å². The molecular weight excluding hydrogens is 522 g/mol. The van der Waals surface area contributed by atoms with Crippen molar-refractivity contribution < 1.29 is 9.21 Å². The lowest BCUT2D eigenvalue weighted by molar-refractivity contribution is -0.113. The summed E-state index contributed by atoms with van der Waals surface area (Å²) >= 11 is 6.25.